The first-order chi connectivity index (χ1) is 11.3. The zero-order chi connectivity index (χ0) is 17.9. The molecule has 1 heterocycles. The maximum Gasteiger partial charge on any atom is 0.339 e. The lowest BCUT2D eigenvalue weighted by Crippen LogP contribution is -2.30. The number of anilines is 1. The van der Waals surface area contributed by atoms with Gasteiger partial charge in [-0.15, -0.1) is 0 Å². The number of rotatable bonds is 4. The summed E-state index contributed by atoms with van der Waals surface area (Å²) in [6.07, 6.45) is 0.226. The van der Waals surface area contributed by atoms with Gasteiger partial charge in [-0.25, -0.2) is 9.18 Å². The zero-order valence-electron chi connectivity index (χ0n) is 12.9. The number of amides is 1. The van der Waals surface area contributed by atoms with E-state index >= 15 is 0 Å². The number of carbonyl (C=O) groups is 2. The third kappa shape index (κ3) is 4.20. The summed E-state index contributed by atoms with van der Waals surface area (Å²) in [5.41, 5.74) is -0.443. The van der Waals surface area contributed by atoms with Crippen LogP contribution in [0.15, 0.2) is 41.3 Å². The van der Waals surface area contributed by atoms with Crippen molar-refractivity contribution in [1.29, 1.82) is 0 Å². The van der Waals surface area contributed by atoms with Crippen molar-refractivity contribution in [1.82, 2.24) is 4.57 Å². The first-order valence-corrected chi connectivity index (χ1v) is 7.29. The molecule has 0 bridgehead atoms. The molecule has 1 atom stereocenters. The molecule has 8 heteroatoms. The second-order valence-corrected chi connectivity index (χ2v) is 5.46. The van der Waals surface area contributed by atoms with Crippen LogP contribution < -0.4 is 10.9 Å². The van der Waals surface area contributed by atoms with Gasteiger partial charge in [0.1, 0.15) is 5.82 Å². The van der Waals surface area contributed by atoms with Crippen molar-refractivity contribution in [2.75, 3.05) is 5.32 Å². The third-order valence-electron chi connectivity index (χ3n) is 3.18. The zero-order valence-corrected chi connectivity index (χ0v) is 13.6. The van der Waals surface area contributed by atoms with Crippen molar-refractivity contribution in [2.24, 2.45) is 7.05 Å². The monoisotopic (exact) mass is 352 g/mol. The summed E-state index contributed by atoms with van der Waals surface area (Å²) in [6.45, 7) is 1.34. The molecule has 1 amide bonds. The fourth-order valence-corrected chi connectivity index (χ4v) is 1.94. The van der Waals surface area contributed by atoms with E-state index in [1.807, 2.05) is 0 Å². The quantitative estimate of drug-likeness (QED) is 0.857. The normalized spacial score (nSPS) is 11.7. The van der Waals surface area contributed by atoms with Crippen molar-refractivity contribution < 1.29 is 18.7 Å². The van der Waals surface area contributed by atoms with E-state index in [1.54, 1.807) is 0 Å². The molecule has 0 aliphatic rings. The number of halogens is 2. The number of esters is 1. The molecular formula is C16H14ClFN2O4. The summed E-state index contributed by atoms with van der Waals surface area (Å²) in [6, 6.07) is 6.26. The molecule has 2 rings (SSSR count). The van der Waals surface area contributed by atoms with Crippen LogP contribution in [-0.2, 0) is 16.6 Å². The minimum Gasteiger partial charge on any atom is -0.449 e. The van der Waals surface area contributed by atoms with Crippen LogP contribution in [0.1, 0.15) is 17.3 Å². The maximum atomic E-state index is 13.6. The van der Waals surface area contributed by atoms with Gasteiger partial charge in [-0.1, -0.05) is 11.6 Å². The number of hydrogen-bond donors (Lipinski definition) is 1. The standard InChI is InChI=1S/C16H14ClFN2O4/c1-9(15(22)19-13-4-3-11(17)8-12(13)18)24-16(23)10-5-6-20(2)14(21)7-10/h3-9H,1-2H3,(H,19,22). The third-order valence-corrected chi connectivity index (χ3v) is 3.42. The van der Waals surface area contributed by atoms with E-state index < -0.39 is 23.8 Å². The van der Waals surface area contributed by atoms with Crippen LogP contribution in [0, 0.1) is 5.82 Å². The van der Waals surface area contributed by atoms with Gasteiger partial charge in [0.25, 0.3) is 11.5 Å². The molecule has 0 radical (unpaired) electrons. The van der Waals surface area contributed by atoms with Gasteiger partial charge in [0.05, 0.1) is 11.3 Å². The average Bonchev–Trinajstić information content (AvgIpc) is 2.52. The summed E-state index contributed by atoms with van der Waals surface area (Å²) >= 11 is 5.63. The molecule has 1 aromatic heterocycles. The Bertz CT molecular complexity index is 850. The molecule has 126 valence electrons. The highest BCUT2D eigenvalue weighted by Gasteiger charge is 2.20. The predicted molar refractivity (Wildman–Crippen MR) is 86.6 cm³/mol. The second-order valence-electron chi connectivity index (χ2n) is 5.03. The van der Waals surface area contributed by atoms with Crippen molar-refractivity contribution >= 4 is 29.2 Å². The summed E-state index contributed by atoms with van der Waals surface area (Å²) < 4.78 is 19.9. The van der Waals surface area contributed by atoms with Gasteiger partial charge in [0.15, 0.2) is 6.10 Å². The SMILES string of the molecule is CC(OC(=O)c1ccn(C)c(=O)c1)C(=O)Nc1ccc(Cl)cc1F. The second kappa shape index (κ2) is 7.27. The number of carbonyl (C=O) groups excluding carboxylic acids is 2. The van der Waals surface area contributed by atoms with Crippen LogP contribution >= 0.6 is 11.6 Å². The molecule has 1 N–H and O–H groups in total. The number of benzene rings is 1. The first-order valence-electron chi connectivity index (χ1n) is 6.91. The minimum atomic E-state index is -1.18. The Morgan fingerprint density at radius 2 is 2.00 bits per heavy atom. The lowest BCUT2D eigenvalue weighted by molar-refractivity contribution is -0.123. The summed E-state index contributed by atoms with van der Waals surface area (Å²) in [5, 5.41) is 2.49. The van der Waals surface area contributed by atoms with Gasteiger partial charge >= 0.3 is 5.97 Å². The van der Waals surface area contributed by atoms with E-state index in [-0.39, 0.29) is 21.8 Å². The predicted octanol–water partition coefficient (Wildman–Crippen LogP) is 2.36. The Labute approximate surface area is 141 Å². The number of pyridine rings is 1. The Kier molecular flexibility index (Phi) is 5.35. The van der Waals surface area contributed by atoms with E-state index in [4.69, 9.17) is 16.3 Å². The van der Waals surface area contributed by atoms with Gasteiger partial charge in [0.2, 0.25) is 0 Å². The van der Waals surface area contributed by atoms with Crippen LogP contribution in [0.5, 0.6) is 0 Å². The van der Waals surface area contributed by atoms with Crippen molar-refractivity contribution in [2.45, 2.75) is 13.0 Å². The number of nitrogens with one attached hydrogen (secondary N) is 1. The summed E-state index contributed by atoms with van der Waals surface area (Å²) in [5.74, 6) is -2.25. The molecule has 24 heavy (non-hydrogen) atoms. The number of nitrogens with zero attached hydrogens (tertiary/aromatic N) is 1. The van der Waals surface area contributed by atoms with E-state index in [0.717, 1.165) is 12.1 Å². The smallest absolute Gasteiger partial charge is 0.339 e. The number of aromatic nitrogens is 1. The topological polar surface area (TPSA) is 77.4 Å². The van der Waals surface area contributed by atoms with Gasteiger partial charge in [0, 0.05) is 24.3 Å². The highest BCUT2D eigenvalue weighted by atomic mass is 35.5. The molecule has 6 nitrogen and oxygen atoms in total. The van der Waals surface area contributed by atoms with Crippen LogP contribution in [0.25, 0.3) is 0 Å². The highest BCUT2D eigenvalue weighted by Crippen LogP contribution is 2.19. The lowest BCUT2D eigenvalue weighted by atomic mass is 10.2. The Hall–Kier alpha value is -2.67. The number of hydrogen-bond acceptors (Lipinski definition) is 4. The van der Waals surface area contributed by atoms with Crippen LogP contribution in [-0.4, -0.2) is 22.5 Å². The average molecular weight is 353 g/mol. The van der Waals surface area contributed by atoms with Crippen LogP contribution in [0.4, 0.5) is 10.1 Å². The largest absolute Gasteiger partial charge is 0.449 e. The van der Waals surface area contributed by atoms with Gasteiger partial charge in [-0.05, 0) is 31.2 Å². The van der Waals surface area contributed by atoms with Crippen molar-refractivity contribution in [3.8, 4) is 0 Å². The fraction of sp³-hybridized carbons (Fsp3) is 0.188. The highest BCUT2D eigenvalue weighted by molar-refractivity contribution is 6.30. The van der Waals surface area contributed by atoms with Gasteiger partial charge in [-0.3, -0.25) is 9.59 Å². The molecule has 0 saturated heterocycles. The van der Waals surface area contributed by atoms with E-state index in [0.29, 0.717) is 0 Å². The van der Waals surface area contributed by atoms with E-state index in [1.165, 1.54) is 42.9 Å². The first kappa shape index (κ1) is 17.7. The fourth-order valence-electron chi connectivity index (χ4n) is 1.78. The van der Waals surface area contributed by atoms with E-state index in [9.17, 15) is 18.8 Å². The van der Waals surface area contributed by atoms with Crippen LogP contribution in [0.2, 0.25) is 5.02 Å². The van der Waals surface area contributed by atoms with Crippen LogP contribution in [0.3, 0.4) is 0 Å². The van der Waals surface area contributed by atoms with Gasteiger partial charge in [-0.2, -0.15) is 0 Å². The molecule has 1 unspecified atom stereocenters. The summed E-state index contributed by atoms with van der Waals surface area (Å²) in [7, 11) is 1.54. The molecule has 0 spiro atoms. The molecular weight excluding hydrogens is 339 g/mol. The molecule has 0 saturated carbocycles. The summed E-state index contributed by atoms with van der Waals surface area (Å²) in [4.78, 5) is 35.4. The minimum absolute atomic E-state index is 0.0235. The van der Waals surface area contributed by atoms with E-state index in [2.05, 4.69) is 5.32 Å². The number of aryl methyl sites for hydroxylation is 1. The Morgan fingerprint density at radius 1 is 1.29 bits per heavy atom. The maximum absolute atomic E-state index is 13.6. The Balaban J connectivity index is 2.04. The van der Waals surface area contributed by atoms with Gasteiger partial charge < -0.3 is 14.6 Å². The Morgan fingerprint density at radius 3 is 2.62 bits per heavy atom. The molecule has 0 aliphatic carbocycles. The number of ether oxygens (including phenoxy) is 1. The van der Waals surface area contributed by atoms with Crippen molar-refractivity contribution in [3.63, 3.8) is 0 Å². The molecule has 1 aromatic carbocycles. The molecule has 0 fully saturated rings. The molecule has 2 aromatic rings. The lowest BCUT2D eigenvalue weighted by Gasteiger charge is -2.14. The molecule has 0 aliphatic heterocycles. The van der Waals surface area contributed by atoms with Crippen molar-refractivity contribution in [3.05, 3.63) is 63.3 Å².